The fourth-order valence-electron chi connectivity index (χ4n) is 1.48. The van der Waals surface area contributed by atoms with Crippen LogP contribution in [0.1, 0.15) is 13.8 Å². The van der Waals surface area contributed by atoms with Gasteiger partial charge in [0.1, 0.15) is 6.04 Å². The maximum absolute atomic E-state index is 11.9. The van der Waals surface area contributed by atoms with Crippen LogP contribution in [0.3, 0.4) is 0 Å². The highest BCUT2D eigenvalue weighted by Crippen LogP contribution is 2.21. The Labute approximate surface area is 110 Å². The molecule has 0 spiro atoms. The molecule has 2 amide bonds. The van der Waals surface area contributed by atoms with Gasteiger partial charge < -0.3 is 15.3 Å². The number of thioether (sulfide) groups is 2. The standard InChI is InChI=1S/C10H18N2O3S2/c1-3-16-4-7(2)11-10(15)12-6-17-5-8(12)9(13)14/h7-8H,3-6H2,1-2H3,(H,11,15)(H,13,14)/t7?,8-/m0/s1. The van der Waals surface area contributed by atoms with E-state index in [9.17, 15) is 9.59 Å². The van der Waals surface area contributed by atoms with Crippen molar-refractivity contribution in [2.45, 2.75) is 25.9 Å². The molecular weight excluding hydrogens is 260 g/mol. The summed E-state index contributed by atoms with van der Waals surface area (Å²) in [5.41, 5.74) is 0. The Kier molecular flexibility index (Phi) is 5.97. The summed E-state index contributed by atoms with van der Waals surface area (Å²) in [6.45, 7) is 4.00. The largest absolute Gasteiger partial charge is 0.480 e. The molecule has 1 heterocycles. The minimum Gasteiger partial charge on any atom is -0.480 e. The van der Waals surface area contributed by atoms with Crippen molar-refractivity contribution in [3.63, 3.8) is 0 Å². The number of carbonyl (C=O) groups is 2. The van der Waals surface area contributed by atoms with E-state index >= 15 is 0 Å². The van der Waals surface area contributed by atoms with Crippen LogP contribution in [0.15, 0.2) is 0 Å². The highest BCUT2D eigenvalue weighted by atomic mass is 32.2. The Hall–Kier alpha value is -0.560. The first kappa shape index (κ1) is 14.5. The molecule has 0 aromatic heterocycles. The van der Waals surface area contributed by atoms with E-state index < -0.39 is 12.0 Å². The first-order chi connectivity index (χ1) is 8.06. The zero-order chi connectivity index (χ0) is 12.8. The number of carbonyl (C=O) groups excluding carboxylic acids is 1. The molecule has 5 nitrogen and oxygen atoms in total. The summed E-state index contributed by atoms with van der Waals surface area (Å²) in [4.78, 5) is 24.2. The molecule has 1 saturated heterocycles. The molecule has 98 valence electrons. The fourth-order valence-corrected chi connectivity index (χ4v) is 3.30. The Morgan fingerprint density at radius 3 is 2.94 bits per heavy atom. The van der Waals surface area contributed by atoms with Gasteiger partial charge >= 0.3 is 12.0 Å². The fraction of sp³-hybridized carbons (Fsp3) is 0.800. The quantitative estimate of drug-likeness (QED) is 0.793. The summed E-state index contributed by atoms with van der Waals surface area (Å²) in [7, 11) is 0. The lowest BCUT2D eigenvalue weighted by atomic mass is 10.3. The molecule has 1 unspecified atom stereocenters. The molecule has 2 N–H and O–H groups in total. The van der Waals surface area contributed by atoms with Crippen LogP contribution in [-0.2, 0) is 4.79 Å². The second-order valence-corrected chi connectivity index (χ2v) is 6.15. The van der Waals surface area contributed by atoms with Crippen molar-refractivity contribution in [3.8, 4) is 0 Å². The average molecular weight is 278 g/mol. The van der Waals surface area contributed by atoms with E-state index in [4.69, 9.17) is 5.11 Å². The summed E-state index contributed by atoms with van der Waals surface area (Å²) in [6.07, 6.45) is 0. The average Bonchev–Trinajstić information content (AvgIpc) is 2.75. The molecule has 1 fully saturated rings. The molecule has 0 aromatic rings. The van der Waals surface area contributed by atoms with Crippen LogP contribution in [0.2, 0.25) is 0 Å². The van der Waals surface area contributed by atoms with E-state index in [-0.39, 0.29) is 12.1 Å². The first-order valence-electron chi connectivity index (χ1n) is 5.51. The number of hydrogen-bond donors (Lipinski definition) is 2. The predicted octanol–water partition coefficient (Wildman–Crippen LogP) is 1.30. The van der Waals surface area contributed by atoms with Crippen molar-refractivity contribution in [3.05, 3.63) is 0 Å². The molecule has 17 heavy (non-hydrogen) atoms. The van der Waals surface area contributed by atoms with Crippen molar-refractivity contribution >= 4 is 35.5 Å². The van der Waals surface area contributed by atoms with Crippen LogP contribution in [0.25, 0.3) is 0 Å². The van der Waals surface area contributed by atoms with E-state index in [0.717, 1.165) is 11.5 Å². The zero-order valence-electron chi connectivity index (χ0n) is 10.0. The smallest absolute Gasteiger partial charge is 0.327 e. The summed E-state index contributed by atoms with van der Waals surface area (Å²) in [6, 6.07) is -0.898. The van der Waals surface area contributed by atoms with E-state index in [1.165, 1.54) is 16.7 Å². The normalized spacial score (nSPS) is 21.3. The van der Waals surface area contributed by atoms with Gasteiger partial charge in [0, 0.05) is 17.5 Å². The monoisotopic (exact) mass is 278 g/mol. The van der Waals surface area contributed by atoms with Crippen LogP contribution in [0.5, 0.6) is 0 Å². The number of rotatable bonds is 5. The van der Waals surface area contributed by atoms with Gasteiger partial charge in [0.05, 0.1) is 5.88 Å². The number of hydrogen-bond acceptors (Lipinski definition) is 4. The number of nitrogens with one attached hydrogen (secondary N) is 1. The summed E-state index contributed by atoms with van der Waals surface area (Å²) in [5.74, 6) is 1.86. The number of urea groups is 1. The molecule has 7 heteroatoms. The van der Waals surface area contributed by atoms with Gasteiger partial charge in [-0.15, -0.1) is 11.8 Å². The third-order valence-electron chi connectivity index (χ3n) is 2.37. The number of amides is 2. The van der Waals surface area contributed by atoms with Crippen LogP contribution >= 0.6 is 23.5 Å². The molecule has 0 aromatic carbocycles. The number of carboxylic acid groups (broad SMARTS) is 1. The Morgan fingerprint density at radius 1 is 1.65 bits per heavy atom. The van der Waals surface area contributed by atoms with E-state index in [1.807, 2.05) is 6.92 Å². The Morgan fingerprint density at radius 2 is 2.35 bits per heavy atom. The van der Waals surface area contributed by atoms with E-state index in [0.29, 0.717) is 11.6 Å². The molecular formula is C10H18N2O3S2. The van der Waals surface area contributed by atoms with Crippen molar-refractivity contribution in [1.29, 1.82) is 0 Å². The molecule has 1 rings (SSSR count). The van der Waals surface area contributed by atoms with Crippen LogP contribution in [-0.4, -0.2) is 57.2 Å². The molecule has 2 atom stereocenters. The maximum Gasteiger partial charge on any atom is 0.327 e. The molecule has 1 aliphatic heterocycles. The third-order valence-corrected chi connectivity index (χ3v) is 4.53. The highest BCUT2D eigenvalue weighted by Gasteiger charge is 2.34. The predicted molar refractivity (Wildman–Crippen MR) is 71.6 cm³/mol. The van der Waals surface area contributed by atoms with Gasteiger partial charge in [-0.3, -0.25) is 0 Å². The first-order valence-corrected chi connectivity index (χ1v) is 7.82. The van der Waals surface area contributed by atoms with Crippen molar-refractivity contribution in [2.24, 2.45) is 0 Å². The molecule has 0 bridgehead atoms. The van der Waals surface area contributed by atoms with Crippen molar-refractivity contribution in [2.75, 3.05) is 23.1 Å². The van der Waals surface area contributed by atoms with E-state index in [2.05, 4.69) is 12.2 Å². The summed E-state index contributed by atoms with van der Waals surface area (Å²) >= 11 is 3.22. The lowest BCUT2D eigenvalue weighted by Gasteiger charge is -2.23. The van der Waals surface area contributed by atoms with Gasteiger partial charge in [0.2, 0.25) is 0 Å². The molecule has 0 radical (unpaired) electrons. The topological polar surface area (TPSA) is 69.6 Å². The van der Waals surface area contributed by atoms with Gasteiger partial charge in [-0.05, 0) is 12.7 Å². The summed E-state index contributed by atoms with van der Waals surface area (Å²) in [5, 5.41) is 11.8. The number of carboxylic acids is 1. The number of nitrogens with zero attached hydrogens (tertiary/aromatic N) is 1. The van der Waals surface area contributed by atoms with Gasteiger partial charge in [0.15, 0.2) is 0 Å². The summed E-state index contributed by atoms with van der Waals surface area (Å²) < 4.78 is 0. The van der Waals surface area contributed by atoms with Crippen molar-refractivity contribution in [1.82, 2.24) is 10.2 Å². The third kappa shape index (κ3) is 4.31. The minimum atomic E-state index is -0.930. The maximum atomic E-state index is 11.9. The Balaban J connectivity index is 2.43. The van der Waals surface area contributed by atoms with Crippen LogP contribution < -0.4 is 5.32 Å². The van der Waals surface area contributed by atoms with E-state index in [1.54, 1.807) is 11.8 Å². The van der Waals surface area contributed by atoms with Gasteiger partial charge in [-0.25, -0.2) is 9.59 Å². The second kappa shape index (κ2) is 7.00. The van der Waals surface area contributed by atoms with Gasteiger partial charge in [-0.1, -0.05) is 6.92 Å². The van der Waals surface area contributed by atoms with Gasteiger partial charge in [0.25, 0.3) is 0 Å². The lowest BCUT2D eigenvalue weighted by Crippen LogP contribution is -2.49. The van der Waals surface area contributed by atoms with Crippen LogP contribution in [0.4, 0.5) is 4.79 Å². The van der Waals surface area contributed by atoms with Crippen LogP contribution in [0, 0.1) is 0 Å². The number of aliphatic carboxylic acids is 1. The SMILES string of the molecule is CCSCC(C)NC(=O)N1CSC[C@H]1C(=O)O. The molecule has 1 aliphatic rings. The van der Waals surface area contributed by atoms with Crippen molar-refractivity contribution < 1.29 is 14.7 Å². The van der Waals surface area contributed by atoms with Gasteiger partial charge in [-0.2, -0.15) is 11.8 Å². The molecule has 0 aliphatic carbocycles. The Bertz CT molecular complexity index is 289. The lowest BCUT2D eigenvalue weighted by molar-refractivity contribution is -0.140. The highest BCUT2D eigenvalue weighted by molar-refractivity contribution is 7.99. The zero-order valence-corrected chi connectivity index (χ0v) is 11.6. The minimum absolute atomic E-state index is 0.0625. The second-order valence-electron chi connectivity index (χ2n) is 3.83. The molecule has 0 saturated carbocycles.